The van der Waals surface area contributed by atoms with Crippen LogP contribution in [-0.2, 0) is 9.84 Å². The number of carboxylic acid groups (broad SMARTS) is 1. The average molecular weight is 335 g/mol. The molecular weight excluding hydrogens is 324 g/mol. The molecule has 7 heteroatoms. The molecule has 1 aromatic rings. The smallest absolute Gasteiger partial charge is 0.339 e. The SMILES string of the molecule is O=C(O)c1cccc(Br)c1OC1CCS(=O)(=O)C1. The molecule has 1 aliphatic rings. The number of ether oxygens (including phenoxy) is 1. The van der Waals surface area contributed by atoms with Gasteiger partial charge in [0, 0.05) is 0 Å². The Kier molecular flexibility index (Phi) is 3.63. The molecule has 0 spiro atoms. The summed E-state index contributed by atoms with van der Waals surface area (Å²) >= 11 is 3.21. The first kappa shape index (κ1) is 13.4. The van der Waals surface area contributed by atoms with E-state index < -0.39 is 21.9 Å². The first-order valence-corrected chi connectivity index (χ1v) is 7.89. The molecule has 0 radical (unpaired) electrons. The van der Waals surface area contributed by atoms with Crippen molar-refractivity contribution in [2.75, 3.05) is 11.5 Å². The van der Waals surface area contributed by atoms with Crippen molar-refractivity contribution in [3.05, 3.63) is 28.2 Å². The maximum absolute atomic E-state index is 11.3. The largest absolute Gasteiger partial charge is 0.487 e. The molecule has 1 fully saturated rings. The molecule has 0 saturated carbocycles. The second kappa shape index (κ2) is 4.89. The van der Waals surface area contributed by atoms with Crippen molar-refractivity contribution in [3.8, 4) is 5.75 Å². The van der Waals surface area contributed by atoms with Gasteiger partial charge in [-0.2, -0.15) is 0 Å². The summed E-state index contributed by atoms with van der Waals surface area (Å²) in [7, 11) is -3.05. The number of hydrogen-bond donors (Lipinski definition) is 1. The van der Waals surface area contributed by atoms with Gasteiger partial charge in [-0.15, -0.1) is 0 Å². The maximum atomic E-state index is 11.3. The normalized spacial score (nSPS) is 21.7. The predicted molar refractivity (Wildman–Crippen MR) is 68.8 cm³/mol. The number of hydrogen-bond acceptors (Lipinski definition) is 4. The molecule has 1 atom stereocenters. The fourth-order valence-corrected chi connectivity index (χ4v) is 3.87. The van der Waals surface area contributed by atoms with E-state index in [1.165, 1.54) is 6.07 Å². The summed E-state index contributed by atoms with van der Waals surface area (Å²) in [5, 5.41) is 9.05. The van der Waals surface area contributed by atoms with Crippen LogP contribution in [0.2, 0.25) is 0 Å². The van der Waals surface area contributed by atoms with Gasteiger partial charge in [0.2, 0.25) is 0 Å². The van der Waals surface area contributed by atoms with Gasteiger partial charge in [-0.1, -0.05) is 6.07 Å². The summed E-state index contributed by atoms with van der Waals surface area (Å²) in [5.41, 5.74) is 0.0219. The summed E-state index contributed by atoms with van der Waals surface area (Å²) in [5.74, 6) is -0.892. The van der Waals surface area contributed by atoms with E-state index in [4.69, 9.17) is 9.84 Å². The number of aromatic carboxylic acids is 1. The van der Waals surface area contributed by atoms with Gasteiger partial charge in [0.1, 0.15) is 17.4 Å². The van der Waals surface area contributed by atoms with Crippen LogP contribution in [0.5, 0.6) is 5.75 Å². The minimum absolute atomic E-state index is 0.0219. The lowest BCUT2D eigenvalue weighted by Crippen LogP contribution is -2.19. The monoisotopic (exact) mass is 334 g/mol. The number of sulfone groups is 1. The van der Waals surface area contributed by atoms with E-state index in [2.05, 4.69) is 15.9 Å². The van der Waals surface area contributed by atoms with Gasteiger partial charge in [0.05, 0.1) is 16.0 Å². The molecule has 1 heterocycles. The van der Waals surface area contributed by atoms with E-state index in [0.717, 1.165) is 0 Å². The number of benzene rings is 1. The van der Waals surface area contributed by atoms with Crippen molar-refractivity contribution in [3.63, 3.8) is 0 Å². The minimum Gasteiger partial charge on any atom is -0.487 e. The Morgan fingerprint density at radius 2 is 2.17 bits per heavy atom. The van der Waals surface area contributed by atoms with Gasteiger partial charge in [0.15, 0.2) is 9.84 Å². The summed E-state index contributed by atoms with van der Waals surface area (Å²) in [6.45, 7) is 0. The molecule has 5 nitrogen and oxygen atoms in total. The topological polar surface area (TPSA) is 80.7 Å². The van der Waals surface area contributed by atoms with E-state index in [1.54, 1.807) is 12.1 Å². The van der Waals surface area contributed by atoms with Gasteiger partial charge in [0.25, 0.3) is 0 Å². The number of para-hydroxylation sites is 1. The van der Waals surface area contributed by atoms with Crippen molar-refractivity contribution in [2.24, 2.45) is 0 Å². The van der Waals surface area contributed by atoms with Crippen LogP contribution in [0.25, 0.3) is 0 Å². The van der Waals surface area contributed by atoms with E-state index in [-0.39, 0.29) is 22.8 Å². The molecule has 2 rings (SSSR count). The van der Waals surface area contributed by atoms with E-state index in [9.17, 15) is 13.2 Å². The Balaban J connectivity index is 2.27. The molecule has 0 aromatic heterocycles. The summed E-state index contributed by atoms with van der Waals surface area (Å²) in [6.07, 6.45) is -0.0882. The predicted octanol–water partition coefficient (Wildman–Crippen LogP) is 1.71. The van der Waals surface area contributed by atoms with Crippen molar-refractivity contribution >= 4 is 31.7 Å². The molecule has 1 aliphatic heterocycles. The first-order valence-electron chi connectivity index (χ1n) is 5.28. The number of carboxylic acids is 1. The Morgan fingerprint density at radius 1 is 1.44 bits per heavy atom. The first-order chi connectivity index (χ1) is 8.39. The Morgan fingerprint density at radius 3 is 2.72 bits per heavy atom. The van der Waals surface area contributed by atoms with E-state index >= 15 is 0 Å². The maximum Gasteiger partial charge on any atom is 0.339 e. The zero-order chi connectivity index (χ0) is 13.3. The number of carbonyl (C=O) groups is 1. The van der Waals surface area contributed by atoms with Crippen molar-refractivity contribution in [2.45, 2.75) is 12.5 Å². The lowest BCUT2D eigenvalue weighted by atomic mass is 10.2. The van der Waals surface area contributed by atoms with Crippen molar-refractivity contribution < 1.29 is 23.1 Å². The highest BCUT2D eigenvalue weighted by Crippen LogP contribution is 2.31. The molecule has 0 bridgehead atoms. The highest BCUT2D eigenvalue weighted by atomic mass is 79.9. The fraction of sp³-hybridized carbons (Fsp3) is 0.364. The highest BCUT2D eigenvalue weighted by Gasteiger charge is 2.30. The molecule has 0 aliphatic carbocycles. The Bertz CT molecular complexity index is 581. The second-order valence-electron chi connectivity index (χ2n) is 4.06. The van der Waals surface area contributed by atoms with Gasteiger partial charge >= 0.3 is 5.97 Å². The van der Waals surface area contributed by atoms with Gasteiger partial charge in [-0.05, 0) is 34.5 Å². The molecule has 1 saturated heterocycles. The number of rotatable bonds is 3. The minimum atomic E-state index is -3.05. The second-order valence-corrected chi connectivity index (χ2v) is 7.15. The van der Waals surface area contributed by atoms with Crippen LogP contribution in [-0.4, -0.2) is 37.1 Å². The van der Waals surface area contributed by atoms with Crippen LogP contribution in [0.15, 0.2) is 22.7 Å². The van der Waals surface area contributed by atoms with Crippen LogP contribution in [0.4, 0.5) is 0 Å². The molecule has 1 N–H and O–H groups in total. The van der Waals surface area contributed by atoms with Crippen LogP contribution in [0, 0.1) is 0 Å². The molecule has 18 heavy (non-hydrogen) atoms. The Hall–Kier alpha value is -1.08. The summed E-state index contributed by atoms with van der Waals surface area (Å²) < 4.78 is 28.7. The van der Waals surface area contributed by atoms with Crippen molar-refractivity contribution in [1.82, 2.24) is 0 Å². The average Bonchev–Trinajstić information content (AvgIpc) is 2.61. The van der Waals surface area contributed by atoms with Crippen LogP contribution < -0.4 is 4.74 Å². The summed E-state index contributed by atoms with van der Waals surface area (Å²) in [4.78, 5) is 11.1. The van der Waals surface area contributed by atoms with Gasteiger partial charge < -0.3 is 9.84 Å². The fourth-order valence-electron chi connectivity index (χ4n) is 1.82. The summed E-state index contributed by atoms with van der Waals surface area (Å²) in [6, 6.07) is 4.67. The zero-order valence-corrected chi connectivity index (χ0v) is 11.7. The standard InChI is InChI=1S/C11H11BrO5S/c12-9-3-1-2-8(11(13)14)10(9)17-7-4-5-18(15,16)6-7/h1-3,7H,4-6H2,(H,13,14). The number of halogens is 1. The Labute approximate surface area is 113 Å². The quantitative estimate of drug-likeness (QED) is 0.910. The van der Waals surface area contributed by atoms with Crippen LogP contribution in [0.1, 0.15) is 16.8 Å². The third kappa shape index (κ3) is 2.84. The van der Waals surface area contributed by atoms with E-state index in [1.807, 2.05) is 0 Å². The molecule has 1 unspecified atom stereocenters. The van der Waals surface area contributed by atoms with Crippen LogP contribution in [0.3, 0.4) is 0 Å². The van der Waals surface area contributed by atoms with Gasteiger partial charge in [-0.3, -0.25) is 0 Å². The third-order valence-corrected chi connectivity index (χ3v) is 5.03. The molecule has 1 aromatic carbocycles. The molecule has 98 valence electrons. The highest BCUT2D eigenvalue weighted by molar-refractivity contribution is 9.10. The van der Waals surface area contributed by atoms with Crippen LogP contribution >= 0.6 is 15.9 Å². The molecule has 0 amide bonds. The molecular formula is C11H11BrO5S. The van der Waals surface area contributed by atoms with Gasteiger partial charge in [-0.25, -0.2) is 13.2 Å². The lowest BCUT2D eigenvalue weighted by Gasteiger charge is -2.15. The zero-order valence-electron chi connectivity index (χ0n) is 9.30. The lowest BCUT2D eigenvalue weighted by molar-refractivity contribution is 0.0690. The third-order valence-electron chi connectivity index (χ3n) is 2.67. The van der Waals surface area contributed by atoms with E-state index in [0.29, 0.717) is 10.9 Å². The van der Waals surface area contributed by atoms with Crippen molar-refractivity contribution in [1.29, 1.82) is 0 Å².